The molecular formula is C17H28N4O3S. The van der Waals surface area contributed by atoms with Gasteiger partial charge in [0.2, 0.25) is 15.9 Å². The topological polar surface area (TPSA) is 84.3 Å². The van der Waals surface area contributed by atoms with Crippen molar-refractivity contribution >= 4 is 15.9 Å². The van der Waals surface area contributed by atoms with Gasteiger partial charge in [-0.3, -0.25) is 4.79 Å². The number of aromatic nitrogens is 2. The first kappa shape index (κ1) is 18.4. The fourth-order valence-electron chi connectivity index (χ4n) is 3.79. The lowest BCUT2D eigenvalue weighted by molar-refractivity contribution is -0.133. The van der Waals surface area contributed by atoms with Crippen molar-refractivity contribution in [2.24, 2.45) is 5.92 Å². The van der Waals surface area contributed by atoms with Crippen LogP contribution in [0.15, 0.2) is 12.4 Å². The Labute approximate surface area is 149 Å². The molecule has 0 radical (unpaired) electrons. The second kappa shape index (κ2) is 7.45. The van der Waals surface area contributed by atoms with Gasteiger partial charge in [0.15, 0.2) is 0 Å². The highest BCUT2D eigenvalue weighted by Crippen LogP contribution is 2.31. The van der Waals surface area contributed by atoms with Crippen molar-refractivity contribution in [1.29, 1.82) is 0 Å². The molecule has 1 aromatic rings. The van der Waals surface area contributed by atoms with Crippen molar-refractivity contribution in [2.75, 3.05) is 19.3 Å². The molecule has 7 nitrogen and oxygen atoms in total. The van der Waals surface area contributed by atoms with Crippen molar-refractivity contribution in [3.05, 3.63) is 18.2 Å². The molecule has 1 unspecified atom stereocenters. The van der Waals surface area contributed by atoms with Crippen molar-refractivity contribution in [2.45, 2.75) is 57.5 Å². The molecule has 8 heteroatoms. The molecule has 1 saturated heterocycles. The molecule has 25 heavy (non-hydrogen) atoms. The lowest BCUT2D eigenvalue weighted by atomic mass is 9.85. The number of nitrogens with zero attached hydrogens (tertiary/aromatic N) is 3. The van der Waals surface area contributed by atoms with Gasteiger partial charge in [-0.15, -0.1) is 0 Å². The van der Waals surface area contributed by atoms with Crippen LogP contribution < -0.4 is 4.72 Å². The second-order valence-corrected chi connectivity index (χ2v) is 9.23. The first-order valence-corrected chi connectivity index (χ1v) is 11.0. The first-order valence-electron chi connectivity index (χ1n) is 9.10. The largest absolute Gasteiger partial charge is 0.341 e. The molecule has 1 aliphatic heterocycles. The number of nitrogens with one attached hydrogen (secondary N) is 1. The highest BCUT2D eigenvalue weighted by molar-refractivity contribution is 7.88. The van der Waals surface area contributed by atoms with Crippen molar-refractivity contribution in [3.8, 4) is 0 Å². The van der Waals surface area contributed by atoms with E-state index >= 15 is 0 Å². The van der Waals surface area contributed by atoms with Crippen LogP contribution in [0.1, 0.15) is 50.8 Å². The van der Waals surface area contributed by atoms with Gasteiger partial charge in [-0.2, -0.15) is 0 Å². The number of imidazole rings is 1. The molecule has 0 bridgehead atoms. The smallest absolute Gasteiger partial charge is 0.240 e. The fourth-order valence-corrected chi connectivity index (χ4v) is 4.54. The molecule has 3 rings (SSSR count). The van der Waals surface area contributed by atoms with Crippen LogP contribution in [-0.2, 0) is 21.4 Å². The van der Waals surface area contributed by atoms with Gasteiger partial charge in [0.1, 0.15) is 5.82 Å². The van der Waals surface area contributed by atoms with Gasteiger partial charge in [-0.05, 0) is 38.5 Å². The number of carbonyl (C=O) groups excluding carboxylic acids is 1. The van der Waals surface area contributed by atoms with Crippen LogP contribution in [0.3, 0.4) is 0 Å². The quantitative estimate of drug-likeness (QED) is 0.821. The Bertz CT molecular complexity index is 703. The highest BCUT2D eigenvalue weighted by Gasteiger charge is 2.30. The highest BCUT2D eigenvalue weighted by atomic mass is 32.2. The summed E-state index contributed by atoms with van der Waals surface area (Å²) in [6.07, 6.45) is 10.7. The van der Waals surface area contributed by atoms with E-state index in [0.29, 0.717) is 19.0 Å². The Balaban J connectivity index is 1.55. The Morgan fingerprint density at radius 1 is 1.32 bits per heavy atom. The average molecular weight is 369 g/mol. The minimum absolute atomic E-state index is 0.151. The molecule has 140 valence electrons. The van der Waals surface area contributed by atoms with Crippen molar-refractivity contribution < 1.29 is 13.2 Å². The van der Waals surface area contributed by atoms with Crippen LogP contribution in [0.5, 0.6) is 0 Å². The van der Waals surface area contributed by atoms with Crippen LogP contribution in [-0.4, -0.2) is 54.2 Å². The lowest BCUT2D eigenvalue weighted by Crippen LogP contribution is -2.49. The number of hydrogen-bond donors (Lipinski definition) is 1. The molecule has 2 fully saturated rings. The second-order valence-electron chi connectivity index (χ2n) is 7.45. The number of piperidine rings is 1. The van der Waals surface area contributed by atoms with Gasteiger partial charge in [0.05, 0.1) is 12.3 Å². The van der Waals surface area contributed by atoms with Gasteiger partial charge in [0.25, 0.3) is 0 Å². The molecule has 0 aromatic carbocycles. The zero-order chi connectivity index (χ0) is 18.0. The van der Waals surface area contributed by atoms with E-state index in [0.717, 1.165) is 37.4 Å². The summed E-state index contributed by atoms with van der Waals surface area (Å²) in [5.74, 6) is 2.15. The lowest BCUT2D eigenvalue weighted by Gasteiger charge is -2.34. The molecule has 1 saturated carbocycles. The average Bonchev–Trinajstić information content (AvgIpc) is 2.97. The van der Waals surface area contributed by atoms with E-state index in [1.54, 1.807) is 11.8 Å². The van der Waals surface area contributed by atoms with Crippen LogP contribution in [0, 0.1) is 5.92 Å². The van der Waals surface area contributed by atoms with E-state index in [9.17, 15) is 13.2 Å². The molecule has 1 aliphatic carbocycles. The predicted molar refractivity (Wildman–Crippen MR) is 95.6 cm³/mol. The predicted octanol–water partition coefficient (Wildman–Crippen LogP) is 1.33. The first-order chi connectivity index (χ1) is 11.8. The van der Waals surface area contributed by atoms with E-state index < -0.39 is 16.1 Å². The van der Waals surface area contributed by atoms with E-state index in [-0.39, 0.29) is 5.91 Å². The number of carbonyl (C=O) groups is 1. The monoisotopic (exact) mass is 368 g/mol. The molecule has 1 amide bonds. The summed E-state index contributed by atoms with van der Waals surface area (Å²) in [5.41, 5.74) is 0. The molecule has 1 atom stereocenters. The maximum atomic E-state index is 12.4. The van der Waals surface area contributed by atoms with Gasteiger partial charge in [-0.25, -0.2) is 18.1 Å². The van der Waals surface area contributed by atoms with Crippen LogP contribution in [0.4, 0.5) is 0 Å². The van der Waals surface area contributed by atoms with Gasteiger partial charge < -0.3 is 9.47 Å². The number of rotatable bonds is 6. The SMILES string of the molecule is CC(NS(C)(=O)=O)C(=O)N1CCC(c2nccn2CC2CCC2)CC1. The third-order valence-electron chi connectivity index (χ3n) is 5.36. The third kappa shape index (κ3) is 4.61. The summed E-state index contributed by atoms with van der Waals surface area (Å²) in [4.78, 5) is 18.7. The third-order valence-corrected chi connectivity index (χ3v) is 6.14. The fraction of sp³-hybridized carbons (Fsp3) is 0.765. The maximum Gasteiger partial charge on any atom is 0.240 e. The van der Waals surface area contributed by atoms with Crippen LogP contribution >= 0.6 is 0 Å². The number of sulfonamides is 1. The van der Waals surface area contributed by atoms with Gasteiger partial charge in [0, 0.05) is 37.9 Å². The standard InChI is InChI=1S/C17H28N4O3S/c1-13(19-25(2,23)24)17(22)20-9-6-15(7-10-20)16-18-8-11-21(16)12-14-4-3-5-14/h8,11,13-15,19H,3-7,9-10,12H2,1-2H3. The molecule has 0 spiro atoms. The number of likely N-dealkylation sites (tertiary alicyclic amines) is 1. The molecule has 2 heterocycles. The Hall–Kier alpha value is -1.41. The Kier molecular flexibility index (Phi) is 5.48. The summed E-state index contributed by atoms with van der Waals surface area (Å²) in [6, 6.07) is -0.716. The zero-order valence-electron chi connectivity index (χ0n) is 15.0. The molecule has 1 N–H and O–H groups in total. The number of hydrogen-bond acceptors (Lipinski definition) is 4. The van der Waals surface area contributed by atoms with Crippen LogP contribution in [0.2, 0.25) is 0 Å². The molecule has 2 aliphatic rings. The summed E-state index contributed by atoms with van der Waals surface area (Å²) < 4.78 is 27.3. The van der Waals surface area contributed by atoms with Crippen molar-refractivity contribution in [3.63, 3.8) is 0 Å². The molecule has 1 aromatic heterocycles. The van der Waals surface area contributed by atoms with Gasteiger partial charge in [-0.1, -0.05) is 6.42 Å². The number of amides is 1. The van der Waals surface area contributed by atoms with E-state index in [1.807, 2.05) is 6.20 Å². The van der Waals surface area contributed by atoms with E-state index in [1.165, 1.54) is 19.3 Å². The summed E-state index contributed by atoms with van der Waals surface area (Å²) >= 11 is 0. The van der Waals surface area contributed by atoms with Crippen molar-refractivity contribution in [1.82, 2.24) is 19.2 Å². The van der Waals surface area contributed by atoms with Gasteiger partial charge >= 0.3 is 0 Å². The minimum atomic E-state index is -3.38. The normalized spacial score (nSPS) is 21.1. The summed E-state index contributed by atoms with van der Waals surface area (Å²) in [5, 5.41) is 0. The summed E-state index contributed by atoms with van der Waals surface area (Å²) in [6.45, 7) is 3.95. The Morgan fingerprint density at radius 3 is 2.56 bits per heavy atom. The van der Waals surface area contributed by atoms with Crippen LogP contribution in [0.25, 0.3) is 0 Å². The zero-order valence-corrected chi connectivity index (χ0v) is 15.8. The van der Waals surface area contributed by atoms with E-state index in [4.69, 9.17) is 0 Å². The Morgan fingerprint density at radius 2 is 2.00 bits per heavy atom. The van der Waals surface area contributed by atoms with E-state index in [2.05, 4.69) is 20.5 Å². The maximum absolute atomic E-state index is 12.4. The minimum Gasteiger partial charge on any atom is -0.341 e. The summed E-state index contributed by atoms with van der Waals surface area (Å²) in [7, 11) is -3.38. The molecular weight excluding hydrogens is 340 g/mol.